The summed E-state index contributed by atoms with van der Waals surface area (Å²) in [6.07, 6.45) is 6.73. The lowest BCUT2D eigenvalue weighted by Gasteiger charge is -2.02. The van der Waals surface area contributed by atoms with Gasteiger partial charge in [-0.25, -0.2) is 0 Å². The van der Waals surface area contributed by atoms with Crippen LogP contribution < -0.4 is 43.1 Å². The number of hydrogen-bond acceptors (Lipinski definition) is 0. The second kappa shape index (κ2) is 9.79. The Bertz CT molecular complexity index is 894. The number of hydrogen-bond donors (Lipinski definition) is 0. The largest absolute Gasteiger partial charge is 1.00 e. The van der Waals surface area contributed by atoms with Crippen molar-refractivity contribution in [1.82, 2.24) is 0 Å². The predicted octanol–water partition coefficient (Wildman–Crippen LogP) is -1.94. The number of para-hydroxylation sites is 2. The molecule has 0 fully saturated rings. The maximum Gasteiger partial charge on any atom is 0.212 e. The zero-order valence-electron chi connectivity index (χ0n) is 14.6. The fourth-order valence-electron chi connectivity index (χ4n) is 3.40. The molecule has 26 heavy (non-hydrogen) atoms. The van der Waals surface area contributed by atoms with E-state index in [0.29, 0.717) is 0 Å². The topological polar surface area (TPSA) is 7.76 Å². The number of unbranched alkanes of at least 4 members (excludes halogenated alkanes) is 1. The Kier molecular flexibility index (Phi) is 7.73. The lowest BCUT2D eigenvalue weighted by molar-refractivity contribution is -0.683. The van der Waals surface area contributed by atoms with Gasteiger partial charge in [-0.15, -0.1) is 0 Å². The highest BCUT2D eigenvalue weighted by molar-refractivity contribution is 5.75. The summed E-state index contributed by atoms with van der Waals surface area (Å²) >= 11 is 0. The average molecular weight is 474 g/mol. The molecule has 0 N–H and O–H groups in total. The zero-order chi connectivity index (χ0) is 16.2. The molecule has 0 saturated heterocycles. The molecule has 134 valence electrons. The van der Waals surface area contributed by atoms with Gasteiger partial charge in [-0.05, 0) is 24.3 Å². The van der Waals surface area contributed by atoms with Crippen LogP contribution in [0.4, 0.5) is 0 Å². The molecule has 0 spiro atoms. The molecular formula is C22H22Br2N2. The molecule has 0 saturated carbocycles. The van der Waals surface area contributed by atoms with Crippen molar-refractivity contribution in [3.8, 4) is 0 Å². The first-order chi connectivity index (χ1) is 11.9. The van der Waals surface area contributed by atoms with Crippen molar-refractivity contribution in [2.24, 2.45) is 0 Å². The highest BCUT2D eigenvalue weighted by Crippen LogP contribution is 2.09. The van der Waals surface area contributed by atoms with E-state index in [2.05, 4.69) is 94.3 Å². The highest BCUT2D eigenvalue weighted by atomic mass is 79.9. The third-order valence-corrected chi connectivity index (χ3v) is 4.62. The minimum absolute atomic E-state index is 0. The van der Waals surface area contributed by atoms with Gasteiger partial charge in [0.25, 0.3) is 0 Å². The molecule has 0 atom stereocenters. The number of aromatic nitrogens is 2. The van der Waals surface area contributed by atoms with Gasteiger partial charge in [0.2, 0.25) is 11.0 Å². The second-order valence-corrected chi connectivity index (χ2v) is 6.23. The third-order valence-electron chi connectivity index (χ3n) is 4.62. The third kappa shape index (κ3) is 4.49. The fraction of sp³-hybridized carbons (Fsp3) is 0.182. The monoisotopic (exact) mass is 472 g/mol. The Labute approximate surface area is 175 Å². The second-order valence-electron chi connectivity index (χ2n) is 6.23. The maximum absolute atomic E-state index is 2.36. The van der Waals surface area contributed by atoms with Crippen LogP contribution >= 0.6 is 0 Å². The van der Waals surface area contributed by atoms with Crippen LogP contribution in [0.5, 0.6) is 0 Å². The molecule has 0 amide bonds. The summed E-state index contributed by atoms with van der Waals surface area (Å²) in [5.41, 5.74) is 2.63. The van der Waals surface area contributed by atoms with Crippen LogP contribution in [0.3, 0.4) is 0 Å². The number of rotatable bonds is 5. The molecule has 0 aliphatic heterocycles. The van der Waals surface area contributed by atoms with E-state index in [1.165, 1.54) is 34.6 Å². The van der Waals surface area contributed by atoms with Crippen molar-refractivity contribution >= 4 is 21.8 Å². The average Bonchev–Trinajstić information content (AvgIpc) is 2.65. The lowest BCUT2D eigenvalue weighted by Crippen LogP contribution is -3.00. The fourth-order valence-corrected chi connectivity index (χ4v) is 3.40. The Balaban J connectivity index is 0.00000121. The Morgan fingerprint density at radius 3 is 1.35 bits per heavy atom. The number of nitrogens with zero attached hydrogens (tertiary/aromatic N) is 2. The van der Waals surface area contributed by atoms with E-state index in [0.717, 1.165) is 13.1 Å². The van der Waals surface area contributed by atoms with Gasteiger partial charge in [0.05, 0.1) is 0 Å². The van der Waals surface area contributed by atoms with Crippen LogP contribution in [-0.4, -0.2) is 0 Å². The minimum Gasteiger partial charge on any atom is -1.00 e. The SMILES string of the molecule is [Br-].[Br-].c1ccc2c(c1)ccc[n+]2CCCC[n+]1cccc2ccccc21. The van der Waals surface area contributed by atoms with E-state index >= 15 is 0 Å². The van der Waals surface area contributed by atoms with E-state index in [1.807, 2.05) is 0 Å². The van der Waals surface area contributed by atoms with Crippen molar-refractivity contribution in [2.75, 3.05) is 0 Å². The van der Waals surface area contributed by atoms with E-state index in [4.69, 9.17) is 0 Å². The standard InChI is InChI=1S/C22H22N2.2BrH/c1-3-13-21-19(9-1)11-7-17-23(21)15-5-6-16-24-18-8-12-20-10-2-4-14-22(20)24;;/h1-4,7-14,17-18H,5-6,15-16H2;2*1H/q+2;;/p-2. The number of pyridine rings is 2. The molecule has 0 aliphatic carbocycles. The van der Waals surface area contributed by atoms with Gasteiger partial charge in [-0.3, -0.25) is 0 Å². The number of halogens is 2. The van der Waals surface area contributed by atoms with Gasteiger partial charge in [0.1, 0.15) is 13.1 Å². The smallest absolute Gasteiger partial charge is 0.212 e. The molecule has 4 rings (SSSR count). The van der Waals surface area contributed by atoms with Crippen LogP contribution in [-0.2, 0) is 13.1 Å². The highest BCUT2D eigenvalue weighted by Gasteiger charge is 2.10. The molecule has 2 heterocycles. The van der Waals surface area contributed by atoms with Crippen LogP contribution in [0.1, 0.15) is 12.8 Å². The van der Waals surface area contributed by atoms with Gasteiger partial charge in [-0.2, -0.15) is 9.13 Å². The summed E-state index contributed by atoms with van der Waals surface area (Å²) < 4.78 is 4.73. The number of fused-ring (bicyclic) bond motifs is 2. The quantitative estimate of drug-likeness (QED) is 0.235. The van der Waals surface area contributed by atoms with E-state index in [1.54, 1.807) is 0 Å². The van der Waals surface area contributed by atoms with Gasteiger partial charge in [0.15, 0.2) is 12.4 Å². The lowest BCUT2D eigenvalue weighted by atomic mass is 10.2. The first-order valence-electron chi connectivity index (χ1n) is 8.66. The Morgan fingerprint density at radius 2 is 0.885 bits per heavy atom. The van der Waals surface area contributed by atoms with Crippen LogP contribution in [0, 0.1) is 0 Å². The Hall–Kier alpha value is -1.78. The van der Waals surface area contributed by atoms with Gasteiger partial charge < -0.3 is 34.0 Å². The van der Waals surface area contributed by atoms with Crippen LogP contribution in [0.2, 0.25) is 0 Å². The van der Waals surface area contributed by atoms with Gasteiger partial charge in [-0.1, -0.05) is 24.3 Å². The van der Waals surface area contributed by atoms with Crippen molar-refractivity contribution in [1.29, 1.82) is 0 Å². The molecule has 2 nitrogen and oxygen atoms in total. The summed E-state index contributed by atoms with van der Waals surface area (Å²) in [6.45, 7) is 2.12. The summed E-state index contributed by atoms with van der Waals surface area (Å²) in [5, 5.41) is 2.62. The predicted molar refractivity (Wildman–Crippen MR) is 97.5 cm³/mol. The van der Waals surface area contributed by atoms with E-state index in [9.17, 15) is 0 Å². The summed E-state index contributed by atoms with van der Waals surface area (Å²) in [6, 6.07) is 25.8. The minimum atomic E-state index is 0. The molecule has 0 aliphatic rings. The van der Waals surface area contributed by atoms with E-state index < -0.39 is 0 Å². The molecule has 2 aromatic carbocycles. The first kappa shape index (κ1) is 20.5. The maximum atomic E-state index is 2.36. The molecular weight excluding hydrogens is 452 g/mol. The molecule has 2 aromatic heterocycles. The van der Waals surface area contributed by atoms with Crippen molar-refractivity contribution in [3.63, 3.8) is 0 Å². The van der Waals surface area contributed by atoms with Gasteiger partial charge >= 0.3 is 0 Å². The summed E-state index contributed by atoms with van der Waals surface area (Å²) in [7, 11) is 0. The molecule has 0 bridgehead atoms. The van der Waals surface area contributed by atoms with Crippen molar-refractivity contribution < 1.29 is 43.1 Å². The van der Waals surface area contributed by atoms with Crippen molar-refractivity contribution in [3.05, 3.63) is 85.2 Å². The normalized spacial score (nSPS) is 10.3. The zero-order valence-corrected chi connectivity index (χ0v) is 17.7. The number of aryl methyl sites for hydroxylation is 2. The molecule has 4 aromatic rings. The van der Waals surface area contributed by atoms with Crippen LogP contribution in [0.15, 0.2) is 85.2 Å². The Morgan fingerprint density at radius 1 is 0.500 bits per heavy atom. The molecule has 0 radical (unpaired) electrons. The summed E-state index contributed by atoms with van der Waals surface area (Å²) in [5.74, 6) is 0. The molecule has 0 unspecified atom stereocenters. The van der Waals surface area contributed by atoms with Gasteiger partial charge in [0, 0.05) is 47.9 Å². The number of benzene rings is 2. The molecule has 4 heteroatoms. The summed E-state index contributed by atoms with van der Waals surface area (Å²) in [4.78, 5) is 0. The first-order valence-corrected chi connectivity index (χ1v) is 8.66. The van der Waals surface area contributed by atoms with Crippen LogP contribution in [0.25, 0.3) is 21.8 Å². The van der Waals surface area contributed by atoms with Crippen molar-refractivity contribution in [2.45, 2.75) is 25.9 Å². The van der Waals surface area contributed by atoms with E-state index in [-0.39, 0.29) is 34.0 Å².